The van der Waals surface area contributed by atoms with Crippen LogP contribution >= 0.6 is 15.9 Å². The molecule has 0 saturated heterocycles. The molecule has 1 heterocycles. The third kappa shape index (κ3) is 3.42. The number of halogens is 1. The molecule has 3 rings (SSSR count). The highest BCUT2D eigenvalue weighted by atomic mass is 79.9. The second-order valence-electron chi connectivity index (χ2n) is 7.28. The van der Waals surface area contributed by atoms with Crippen molar-refractivity contribution in [1.29, 1.82) is 5.26 Å². The normalized spacial score (nSPS) is 21.9. The van der Waals surface area contributed by atoms with Crippen molar-refractivity contribution in [2.24, 2.45) is 5.92 Å². The number of hydrogen-bond acceptors (Lipinski definition) is 6. The van der Waals surface area contributed by atoms with Crippen molar-refractivity contribution in [1.82, 2.24) is 5.32 Å². The molecular formula is C20H21BrN4O3. The lowest BCUT2D eigenvalue weighted by molar-refractivity contribution is -0.384. The molecule has 7 nitrogen and oxygen atoms in total. The molecule has 0 aromatic heterocycles. The summed E-state index contributed by atoms with van der Waals surface area (Å²) in [7, 11) is 0. The van der Waals surface area contributed by atoms with Crippen LogP contribution in [0, 0.1) is 27.4 Å². The summed E-state index contributed by atoms with van der Waals surface area (Å²) in [6.45, 7) is 3.89. The lowest BCUT2D eigenvalue weighted by Gasteiger charge is -2.35. The molecule has 2 aliphatic rings. The quantitative estimate of drug-likeness (QED) is 0.401. The Kier molecular flexibility index (Phi) is 5.57. The van der Waals surface area contributed by atoms with E-state index in [0.717, 1.165) is 25.0 Å². The SMILES string of the molecule is CCCC1CC(=O)C2=C(C1)NC(C)=C(C#N)C2c1cc(Br)c(N)c([N+](=O)[O-])c1. The highest BCUT2D eigenvalue weighted by Crippen LogP contribution is 2.46. The van der Waals surface area contributed by atoms with Gasteiger partial charge in [-0.05, 0) is 53.2 Å². The van der Waals surface area contributed by atoms with E-state index in [0.29, 0.717) is 33.3 Å². The molecule has 2 atom stereocenters. The Bertz CT molecular complexity index is 974. The first kappa shape index (κ1) is 20.1. The van der Waals surface area contributed by atoms with Gasteiger partial charge in [0.05, 0.1) is 22.5 Å². The zero-order chi connectivity index (χ0) is 20.6. The maximum Gasteiger partial charge on any atom is 0.293 e. The number of anilines is 1. The number of nitro groups is 1. The van der Waals surface area contributed by atoms with E-state index in [2.05, 4.69) is 34.2 Å². The van der Waals surface area contributed by atoms with Crippen LogP contribution in [0.25, 0.3) is 0 Å². The van der Waals surface area contributed by atoms with Crippen molar-refractivity contribution >= 4 is 33.1 Å². The van der Waals surface area contributed by atoms with E-state index in [1.54, 1.807) is 13.0 Å². The number of allylic oxidation sites excluding steroid dienone is 4. The van der Waals surface area contributed by atoms with Crippen LogP contribution in [0.1, 0.15) is 51.0 Å². The number of nitrogens with two attached hydrogens (primary N) is 1. The van der Waals surface area contributed by atoms with Gasteiger partial charge in [-0.1, -0.05) is 13.3 Å². The van der Waals surface area contributed by atoms with Gasteiger partial charge in [0.1, 0.15) is 5.69 Å². The molecule has 0 amide bonds. The molecule has 146 valence electrons. The molecule has 1 aromatic carbocycles. The fourth-order valence-electron chi connectivity index (χ4n) is 4.15. The minimum atomic E-state index is -0.632. The van der Waals surface area contributed by atoms with E-state index >= 15 is 0 Å². The highest BCUT2D eigenvalue weighted by Gasteiger charge is 2.39. The minimum absolute atomic E-state index is 0.00643. The standard InChI is InChI=1S/C20H21BrN4O3/c1-3-4-11-5-15-19(17(26)6-11)18(13(9-22)10(2)24-15)12-7-14(21)20(23)16(8-12)25(27)28/h7-8,11,18,24H,3-6,23H2,1-2H3. The molecule has 3 N–H and O–H groups in total. The molecule has 0 saturated carbocycles. The maximum atomic E-state index is 13.0. The third-order valence-corrected chi connectivity index (χ3v) is 6.05. The van der Waals surface area contributed by atoms with E-state index in [9.17, 15) is 20.2 Å². The number of carbonyl (C=O) groups is 1. The van der Waals surface area contributed by atoms with Crippen molar-refractivity contribution in [2.75, 3.05) is 5.73 Å². The van der Waals surface area contributed by atoms with Crippen LogP contribution in [0.2, 0.25) is 0 Å². The summed E-state index contributed by atoms with van der Waals surface area (Å²) in [6, 6.07) is 5.23. The molecule has 2 unspecified atom stereocenters. The second-order valence-corrected chi connectivity index (χ2v) is 8.13. The molecule has 0 bridgehead atoms. The average molecular weight is 445 g/mol. The number of benzene rings is 1. The monoisotopic (exact) mass is 444 g/mol. The summed E-state index contributed by atoms with van der Waals surface area (Å²) >= 11 is 3.28. The Morgan fingerprint density at radius 2 is 2.14 bits per heavy atom. The lowest BCUT2D eigenvalue weighted by Crippen LogP contribution is -2.34. The van der Waals surface area contributed by atoms with Crippen molar-refractivity contribution in [2.45, 2.75) is 45.4 Å². The van der Waals surface area contributed by atoms with Gasteiger partial charge in [-0.3, -0.25) is 14.9 Å². The van der Waals surface area contributed by atoms with Gasteiger partial charge in [-0.15, -0.1) is 0 Å². The van der Waals surface area contributed by atoms with E-state index in [1.807, 2.05) is 0 Å². The molecule has 1 aromatic rings. The van der Waals surface area contributed by atoms with Crippen molar-refractivity contribution < 1.29 is 9.72 Å². The molecule has 8 heteroatoms. The van der Waals surface area contributed by atoms with Crippen LogP contribution in [0.15, 0.2) is 39.1 Å². The van der Waals surface area contributed by atoms with Crippen molar-refractivity contribution in [3.63, 3.8) is 0 Å². The van der Waals surface area contributed by atoms with Gasteiger partial charge in [-0.2, -0.15) is 5.26 Å². The average Bonchev–Trinajstić information content (AvgIpc) is 2.62. The summed E-state index contributed by atoms with van der Waals surface area (Å²) in [4.78, 5) is 23.9. The van der Waals surface area contributed by atoms with E-state index in [4.69, 9.17) is 5.73 Å². The Hall–Kier alpha value is -2.66. The second kappa shape index (κ2) is 7.76. The molecule has 28 heavy (non-hydrogen) atoms. The number of nitro benzene ring substituents is 1. The van der Waals surface area contributed by atoms with Gasteiger partial charge >= 0.3 is 0 Å². The molecule has 1 aliphatic carbocycles. The Morgan fingerprint density at radius 3 is 2.75 bits per heavy atom. The topological polar surface area (TPSA) is 122 Å². The Balaban J connectivity index is 2.19. The molecule has 0 fully saturated rings. The summed E-state index contributed by atoms with van der Waals surface area (Å²) < 4.78 is 0.374. The van der Waals surface area contributed by atoms with E-state index < -0.39 is 10.8 Å². The number of nitriles is 1. The maximum absolute atomic E-state index is 13.0. The fraction of sp³-hybridized carbons (Fsp3) is 0.400. The van der Waals surface area contributed by atoms with Gasteiger partial charge in [0.2, 0.25) is 0 Å². The molecule has 1 aliphatic heterocycles. The third-order valence-electron chi connectivity index (χ3n) is 5.39. The highest BCUT2D eigenvalue weighted by molar-refractivity contribution is 9.10. The first-order valence-corrected chi connectivity index (χ1v) is 9.95. The van der Waals surface area contributed by atoms with Crippen LogP contribution in [-0.4, -0.2) is 10.7 Å². The zero-order valence-electron chi connectivity index (χ0n) is 15.7. The number of nitrogens with one attached hydrogen (secondary N) is 1. The van der Waals surface area contributed by atoms with Crippen molar-refractivity contribution in [3.8, 4) is 6.07 Å². The molecule has 0 spiro atoms. The number of dihydropyridines is 1. The fourth-order valence-corrected chi connectivity index (χ4v) is 4.62. The van der Waals surface area contributed by atoms with Gasteiger partial charge in [0.15, 0.2) is 5.78 Å². The van der Waals surface area contributed by atoms with Crippen LogP contribution in [-0.2, 0) is 4.79 Å². The van der Waals surface area contributed by atoms with Crippen LogP contribution in [0.4, 0.5) is 11.4 Å². The van der Waals surface area contributed by atoms with Gasteiger partial charge in [0, 0.05) is 33.9 Å². The van der Waals surface area contributed by atoms with E-state index in [-0.39, 0.29) is 23.1 Å². The van der Waals surface area contributed by atoms with E-state index in [1.165, 1.54) is 6.07 Å². The number of Topliss-reactive ketones (excluding diaryl/α,β-unsaturated/α-hetero) is 1. The summed E-state index contributed by atoms with van der Waals surface area (Å²) in [6.07, 6.45) is 3.13. The first-order valence-electron chi connectivity index (χ1n) is 9.15. The largest absolute Gasteiger partial charge is 0.392 e. The minimum Gasteiger partial charge on any atom is -0.392 e. The van der Waals surface area contributed by atoms with Crippen molar-refractivity contribution in [3.05, 3.63) is 54.8 Å². The van der Waals surface area contributed by atoms with Crippen LogP contribution < -0.4 is 11.1 Å². The number of carbonyl (C=O) groups excluding carboxylic acids is 1. The number of rotatable bonds is 4. The van der Waals surface area contributed by atoms with Gasteiger partial charge in [0.25, 0.3) is 5.69 Å². The number of nitrogen functional groups attached to an aromatic ring is 1. The van der Waals surface area contributed by atoms with Gasteiger partial charge < -0.3 is 11.1 Å². The van der Waals surface area contributed by atoms with Crippen LogP contribution in [0.5, 0.6) is 0 Å². The number of nitrogens with zero attached hydrogens (tertiary/aromatic N) is 2. The first-order chi connectivity index (χ1) is 13.3. The van der Waals surface area contributed by atoms with Crippen LogP contribution in [0.3, 0.4) is 0 Å². The predicted octanol–water partition coefficient (Wildman–Crippen LogP) is 4.46. The summed E-state index contributed by atoms with van der Waals surface area (Å²) in [5, 5.41) is 24.4. The zero-order valence-corrected chi connectivity index (χ0v) is 17.3. The summed E-state index contributed by atoms with van der Waals surface area (Å²) in [5.74, 6) is -0.367. The smallest absolute Gasteiger partial charge is 0.293 e. The van der Waals surface area contributed by atoms with Gasteiger partial charge in [-0.25, -0.2) is 0 Å². The number of hydrogen-bond donors (Lipinski definition) is 2. The summed E-state index contributed by atoms with van der Waals surface area (Å²) in [5.41, 5.74) is 8.56. The number of ketones is 1. The Morgan fingerprint density at radius 1 is 1.43 bits per heavy atom. The predicted molar refractivity (Wildman–Crippen MR) is 109 cm³/mol. The lowest BCUT2D eigenvalue weighted by atomic mass is 9.72. The molecular weight excluding hydrogens is 424 g/mol. The molecule has 0 radical (unpaired) electrons. The Labute approximate surface area is 171 Å².